The molecule has 0 aliphatic rings. The number of hydrogen-bond acceptors (Lipinski definition) is 3. The maximum atomic E-state index is 4.11. The van der Waals surface area contributed by atoms with Gasteiger partial charge in [0.1, 0.15) is 0 Å². The molecule has 1 N–H and O–H groups in total. The van der Waals surface area contributed by atoms with Crippen molar-refractivity contribution < 1.29 is 0 Å². The van der Waals surface area contributed by atoms with Crippen molar-refractivity contribution in [3.8, 4) is 0 Å². The molecule has 3 heteroatoms. The van der Waals surface area contributed by atoms with Gasteiger partial charge in [-0.15, -0.1) is 0 Å². The van der Waals surface area contributed by atoms with Gasteiger partial charge >= 0.3 is 0 Å². The lowest BCUT2D eigenvalue weighted by molar-refractivity contribution is 0.425. The first-order valence-corrected chi connectivity index (χ1v) is 4.49. The minimum Gasteiger partial charge on any atom is -0.383 e. The van der Waals surface area contributed by atoms with Gasteiger partial charge in [0.25, 0.3) is 0 Å². The van der Waals surface area contributed by atoms with E-state index in [1.54, 1.807) is 0 Å². The van der Waals surface area contributed by atoms with Gasteiger partial charge in [-0.25, -0.2) is 0 Å². The van der Waals surface area contributed by atoms with E-state index in [4.69, 9.17) is 0 Å². The van der Waals surface area contributed by atoms with E-state index >= 15 is 0 Å². The Hall–Kier alpha value is -1.09. The van der Waals surface area contributed by atoms with Crippen molar-refractivity contribution in [2.24, 2.45) is 0 Å². The van der Waals surface area contributed by atoms with E-state index < -0.39 is 0 Å². The van der Waals surface area contributed by atoms with E-state index in [1.807, 2.05) is 19.3 Å². The Labute approximate surface area is 79.8 Å². The zero-order valence-electron chi connectivity index (χ0n) is 8.54. The lowest BCUT2D eigenvalue weighted by Gasteiger charge is -2.11. The van der Waals surface area contributed by atoms with Crippen molar-refractivity contribution >= 4 is 5.69 Å². The van der Waals surface area contributed by atoms with Gasteiger partial charge in [-0.1, -0.05) is 0 Å². The van der Waals surface area contributed by atoms with Crippen molar-refractivity contribution in [3.63, 3.8) is 0 Å². The molecule has 13 heavy (non-hydrogen) atoms. The molecule has 0 aliphatic carbocycles. The number of aryl methyl sites for hydroxylation is 1. The summed E-state index contributed by atoms with van der Waals surface area (Å²) in [7, 11) is 4.13. The van der Waals surface area contributed by atoms with Gasteiger partial charge < -0.3 is 10.2 Å². The van der Waals surface area contributed by atoms with Crippen LogP contribution < -0.4 is 5.32 Å². The third kappa shape index (κ3) is 3.90. The van der Waals surface area contributed by atoms with E-state index in [0.29, 0.717) is 0 Å². The molecular formula is C10H17N3. The third-order valence-electron chi connectivity index (χ3n) is 1.76. The minimum absolute atomic E-state index is 0.956. The van der Waals surface area contributed by atoms with Crippen LogP contribution in [-0.2, 0) is 0 Å². The molecule has 0 aliphatic heterocycles. The van der Waals surface area contributed by atoms with Gasteiger partial charge in [-0.2, -0.15) is 0 Å². The second kappa shape index (κ2) is 4.82. The first-order valence-electron chi connectivity index (χ1n) is 4.49. The number of nitrogens with zero attached hydrogens (tertiary/aromatic N) is 2. The Morgan fingerprint density at radius 2 is 2.15 bits per heavy atom. The largest absolute Gasteiger partial charge is 0.383 e. The summed E-state index contributed by atoms with van der Waals surface area (Å²) < 4.78 is 0. The predicted octanol–water partition coefficient (Wildman–Crippen LogP) is 1.36. The second-order valence-corrected chi connectivity index (χ2v) is 3.48. The fourth-order valence-electron chi connectivity index (χ4n) is 1.08. The highest BCUT2D eigenvalue weighted by Crippen LogP contribution is 2.05. The lowest BCUT2D eigenvalue weighted by atomic mass is 10.3. The van der Waals surface area contributed by atoms with Gasteiger partial charge in [-0.05, 0) is 32.6 Å². The monoisotopic (exact) mass is 179 g/mol. The molecule has 0 atom stereocenters. The molecule has 72 valence electrons. The summed E-state index contributed by atoms with van der Waals surface area (Å²) >= 11 is 0. The molecule has 1 rings (SSSR count). The summed E-state index contributed by atoms with van der Waals surface area (Å²) in [5, 5.41) is 3.31. The Bertz CT molecular complexity index is 258. The van der Waals surface area contributed by atoms with Crippen LogP contribution in [0.25, 0.3) is 0 Å². The number of pyridine rings is 1. The smallest absolute Gasteiger partial charge is 0.0529 e. The Kier molecular flexibility index (Phi) is 3.71. The molecule has 0 bridgehead atoms. The standard InChI is InChI=1S/C10H17N3/c1-9-6-10(8-11-7-9)12-4-5-13(2)3/h6-8,12H,4-5H2,1-3H3. The fourth-order valence-corrected chi connectivity index (χ4v) is 1.08. The molecule has 0 fully saturated rings. The van der Waals surface area contributed by atoms with E-state index in [0.717, 1.165) is 18.8 Å². The number of likely N-dealkylation sites (N-methyl/N-ethyl adjacent to an activating group) is 1. The fraction of sp³-hybridized carbons (Fsp3) is 0.500. The van der Waals surface area contributed by atoms with Crippen LogP contribution in [0.1, 0.15) is 5.56 Å². The number of rotatable bonds is 4. The van der Waals surface area contributed by atoms with Crippen LogP contribution in [0.2, 0.25) is 0 Å². The van der Waals surface area contributed by atoms with Crippen molar-refractivity contribution in [2.75, 3.05) is 32.5 Å². The number of hydrogen-bond donors (Lipinski definition) is 1. The zero-order valence-corrected chi connectivity index (χ0v) is 8.54. The van der Waals surface area contributed by atoms with Gasteiger partial charge in [0.15, 0.2) is 0 Å². The first-order chi connectivity index (χ1) is 6.18. The molecule has 1 aromatic rings. The average Bonchev–Trinajstić information content (AvgIpc) is 2.03. The summed E-state index contributed by atoms with van der Waals surface area (Å²) in [6.07, 6.45) is 3.71. The molecule has 0 unspecified atom stereocenters. The molecule has 1 heterocycles. The number of nitrogens with one attached hydrogen (secondary N) is 1. The average molecular weight is 179 g/mol. The van der Waals surface area contributed by atoms with Crippen molar-refractivity contribution in [1.29, 1.82) is 0 Å². The predicted molar refractivity (Wildman–Crippen MR) is 56.0 cm³/mol. The lowest BCUT2D eigenvalue weighted by Crippen LogP contribution is -2.20. The van der Waals surface area contributed by atoms with Crippen LogP contribution in [0.4, 0.5) is 5.69 Å². The maximum Gasteiger partial charge on any atom is 0.0529 e. The Balaban J connectivity index is 2.37. The topological polar surface area (TPSA) is 28.2 Å². The van der Waals surface area contributed by atoms with Gasteiger partial charge in [0, 0.05) is 25.5 Å². The van der Waals surface area contributed by atoms with Crippen LogP contribution in [0, 0.1) is 6.92 Å². The maximum absolute atomic E-state index is 4.11. The van der Waals surface area contributed by atoms with Gasteiger partial charge in [-0.3, -0.25) is 4.98 Å². The van der Waals surface area contributed by atoms with E-state index in [9.17, 15) is 0 Å². The molecule has 0 saturated heterocycles. The van der Waals surface area contributed by atoms with E-state index in [2.05, 4.69) is 35.4 Å². The molecule has 3 nitrogen and oxygen atoms in total. The molecule has 0 amide bonds. The van der Waals surface area contributed by atoms with Crippen molar-refractivity contribution in [3.05, 3.63) is 24.0 Å². The quantitative estimate of drug-likeness (QED) is 0.756. The van der Waals surface area contributed by atoms with Crippen LogP contribution in [0.5, 0.6) is 0 Å². The van der Waals surface area contributed by atoms with Crippen LogP contribution in [-0.4, -0.2) is 37.1 Å². The van der Waals surface area contributed by atoms with Gasteiger partial charge in [0.2, 0.25) is 0 Å². The van der Waals surface area contributed by atoms with Crippen LogP contribution >= 0.6 is 0 Å². The molecule has 0 spiro atoms. The number of aromatic nitrogens is 1. The summed E-state index contributed by atoms with van der Waals surface area (Å²) in [5.41, 5.74) is 2.29. The number of anilines is 1. The van der Waals surface area contributed by atoms with Gasteiger partial charge in [0.05, 0.1) is 5.69 Å². The summed E-state index contributed by atoms with van der Waals surface area (Å²) in [5.74, 6) is 0. The van der Waals surface area contributed by atoms with E-state index in [-0.39, 0.29) is 0 Å². The minimum atomic E-state index is 0.956. The normalized spacial score (nSPS) is 10.5. The molecule has 0 saturated carbocycles. The summed E-state index contributed by atoms with van der Waals surface area (Å²) in [6, 6.07) is 2.10. The molecular weight excluding hydrogens is 162 g/mol. The summed E-state index contributed by atoms with van der Waals surface area (Å²) in [6.45, 7) is 4.04. The Morgan fingerprint density at radius 1 is 1.38 bits per heavy atom. The van der Waals surface area contributed by atoms with Crippen LogP contribution in [0.3, 0.4) is 0 Å². The molecule has 1 aromatic heterocycles. The van der Waals surface area contributed by atoms with Crippen molar-refractivity contribution in [2.45, 2.75) is 6.92 Å². The van der Waals surface area contributed by atoms with E-state index in [1.165, 1.54) is 5.56 Å². The first kappa shape index (κ1) is 9.99. The second-order valence-electron chi connectivity index (χ2n) is 3.48. The molecule has 0 radical (unpaired) electrons. The SMILES string of the molecule is Cc1cncc(NCCN(C)C)c1. The highest BCUT2D eigenvalue weighted by molar-refractivity contribution is 5.42. The third-order valence-corrected chi connectivity index (χ3v) is 1.76. The highest BCUT2D eigenvalue weighted by atomic mass is 15.1. The zero-order chi connectivity index (χ0) is 9.68. The van der Waals surface area contributed by atoms with Crippen molar-refractivity contribution in [1.82, 2.24) is 9.88 Å². The Morgan fingerprint density at radius 3 is 2.77 bits per heavy atom. The summed E-state index contributed by atoms with van der Waals surface area (Å²) in [4.78, 5) is 6.25. The molecule has 0 aromatic carbocycles. The van der Waals surface area contributed by atoms with Crippen LogP contribution in [0.15, 0.2) is 18.5 Å². The highest BCUT2D eigenvalue weighted by Gasteiger charge is 1.93.